The number of rotatable bonds is 41. The molecule has 0 fully saturated rings. The normalized spacial score (nSPS) is 16.2. The number of nitrogens with zero attached hydrogens (tertiary/aromatic N) is 2. The zero-order chi connectivity index (χ0) is 73.8. The van der Waals surface area contributed by atoms with Gasteiger partial charge in [-0.2, -0.15) is 0 Å². The van der Waals surface area contributed by atoms with Crippen molar-refractivity contribution in [1.29, 1.82) is 0 Å². The summed E-state index contributed by atoms with van der Waals surface area (Å²) in [6.45, 7) is 34.9. The average molecular weight is 1430 g/mol. The van der Waals surface area contributed by atoms with E-state index in [1.807, 2.05) is 57.2 Å². The number of carbonyl (C=O) groups is 4. The monoisotopic (exact) mass is 1430 g/mol. The lowest BCUT2D eigenvalue weighted by atomic mass is 9.84. The van der Waals surface area contributed by atoms with Crippen molar-refractivity contribution in [3.8, 4) is 0 Å². The highest BCUT2D eigenvalue weighted by Gasteiger charge is 2.53. The number of methoxy groups -OCH3 is 2. The SMILES string of the molecule is CO[C@@H](C/C=C/c1nc(C(=O)O)co1)[C@@H](C)[C@H](C[C@H](OC)[C@@H](C)CCC(=O)[C@H](C)[C@H](O[Si](C)(C)C(C)(C)C)[C@H](C)CCO[Si](c1ccccc1)(c1ccccc1)C(C)(C)C)OC(=O)C[C@H](CCCC(=O)C[C@H](C)c1coc([C@@H](N)CO)n1)O[Si](c1ccccc1)(c1ccccc1)C(C)(C)C. The molecule has 0 aliphatic heterocycles. The second-order valence-corrected chi connectivity index (χ2v) is 44.4. The highest BCUT2D eigenvalue weighted by Crippen LogP contribution is 2.43. The number of aliphatic hydroxyl groups excluding tert-OH is 1. The zero-order valence-corrected chi connectivity index (χ0v) is 66.0. The third kappa shape index (κ3) is 21.6. The number of ketones is 2. The summed E-state index contributed by atoms with van der Waals surface area (Å²) >= 11 is 0. The largest absolute Gasteiger partial charge is 0.476 e. The molecule has 4 N–H and O–H groups in total. The quantitative estimate of drug-likeness (QED) is 0.0239. The Morgan fingerprint density at radius 1 is 0.620 bits per heavy atom. The molecule has 0 amide bonds. The Balaban J connectivity index is 1.28. The topological polar surface area (TPSA) is 242 Å². The van der Waals surface area contributed by atoms with Crippen molar-refractivity contribution in [2.45, 2.75) is 232 Å². The number of ether oxygens (including phenoxy) is 3. The first-order valence-electron chi connectivity index (χ1n) is 35.8. The molecule has 2 aromatic heterocycles. The highest BCUT2D eigenvalue weighted by atomic mass is 28.4. The van der Waals surface area contributed by atoms with E-state index in [9.17, 15) is 19.8 Å². The van der Waals surface area contributed by atoms with E-state index in [2.05, 4.69) is 184 Å². The van der Waals surface area contributed by atoms with E-state index in [-0.39, 0.29) is 102 Å². The first kappa shape index (κ1) is 82.6. The van der Waals surface area contributed by atoms with Gasteiger partial charge >= 0.3 is 11.9 Å². The maximum atomic E-state index is 15.3. The van der Waals surface area contributed by atoms with E-state index >= 15 is 9.59 Å². The van der Waals surface area contributed by atoms with Crippen LogP contribution in [0.2, 0.25) is 28.2 Å². The Bertz CT molecular complexity index is 3410. The molecule has 0 radical (unpaired) electrons. The minimum Gasteiger partial charge on any atom is -0.476 e. The summed E-state index contributed by atoms with van der Waals surface area (Å²) in [5.41, 5.74) is 6.32. The molecule has 20 heteroatoms. The van der Waals surface area contributed by atoms with Gasteiger partial charge < -0.3 is 52.3 Å². The smallest absolute Gasteiger partial charge is 0.357 e. The molecule has 0 bridgehead atoms. The van der Waals surface area contributed by atoms with Gasteiger partial charge in [-0.1, -0.05) is 224 Å². The number of carbonyl (C=O) groups excluding carboxylic acids is 3. The van der Waals surface area contributed by atoms with Gasteiger partial charge in [0.1, 0.15) is 36.2 Å². The zero-order valence-electron chi connectivity index (χ0n) is 63.0. The Labute approximate surface area is 599 Å². The summed E-state index contributed by atoms with van der Waals surface area (Å²) < 4.78 is 52.9. The van der Waals surface area contributed by atoms with E-state index in [0.717, 1.165) is 16.6 Å². The van der Waals surface area contributed by atoms with Crippen LogP contribution in [0.1, 0.15) is 201 Å². The van der Waals surface area contributed by atoms with Crippen molar-refractivity contribution >= 4 is 75.3 Å². The van der Waals surface area contributed by atoms with Crippen molar-refractivity contribution in [3.63, 3.8) is 0 Å². The molecule has 548 valence electrons. The lowest BCUT2D eigenvalue weighted by molar-refractivity contribution is -0.159. The fourth-order valence-corrected chi connectivity index (χ4v) is 24.4. The number of nitrogens with two attached hydrogens (primary N) is 1. The molecular formula is C80H117N3O14Si3. The maximum absolute atomic E-state index is 15.3. The van der Waals surface area contributed by atoms with Crippen LogP contribution in [0.15, 0.2) is 149 Å². The number of benzene rings is 4. The number of hydrogen-bond donors (Lipinski definition) is 3. The third-order valence-electron chi connectivity index (χ3n) is 20.7. The number of aromatic carboxylic acids is 1. The molecule has 0 saturated heterocycles. The van der Waals surface area contributed by atoms with Crippen LogP contribution < -0.4 is 26.5 Å². The lowest BCUT2D eigenvalue weighted by Gasteiger charge is -2.45. The van der Waals surface area contributed by atoms with E-state index in [1.54, 1.807) is 26.4 Å². The van der Waals surface area contributed by atoms with Gasteiger partial charge in [-0.05, 0) is 99.0 Å². The third-order valence-corrected chi connectivity index (χ3v) is 35.3. The van der Waals surface area contributed by atoms with Gasteiger partial charge in [0.25, 0.3) is 16.6 Å². The first-order valence-corrected chi connectivity index (χ1v) is 42.5. The highest BCUT2D eigenvalue weighted by molar-refractivity contribution is 7.00. The van der Waals surface area contributed by atoms with Crippen LogP contribution >= 0.6 is 0 Å². The number of esters is 1. The molecule has 11 atom stereocenters. The van der Waals surface area contributed by atoms with Crippen LogP contribution in [0.5, 0.6) is 0 Å². The predicted octanol–water partition coefficient (Wildman–Crippen LogP) is 14.6. The van der Waals surface area contributed by atoms with Gasteiger partial charge in [0.15, 0.2) is 14.0 Å². The molecule has 0 saturated carbocycles. The van der Waals surface area contributed by atoms with Crippen LogP contribution in [0.3, 0.4) is 0 Å². The first-order chi connectivity index (χ1) is 47.1. The molecule has 2 heterocycles. The molecule has 6 rings (SSSR count). The number of aliphatic hydroxyl groups is 1. The number of oxazole rings is 2. The van der Waals surface area contributed by atoms with Crippen molar-refractivity contribution in [3.05, 3.63) is 163 Å². The van der Waals surface area contributed by atoms with Gasteiger partial charge in [-0.3, -0.25) is 14.4 Å². The number of hydrogen-bond acceptors (Lipinski definition) is 16. The van der Waals surface area contributed by atoms with Gasteiger partial charge in [-0.25, -0.2) is 14.8 Å². The lowest BCUT2D eigenvalue weighted by Crippen LogP contribution is -2.67. The molecule has 0 aliphatic rings. The van der Waals surface area contributed by atoms with E-state index in [0.29, 0.717) is 44.4 Å². The Morgan fingerprint density at radius 3 is 1.63 bits per heavy atom. The summed E-state index contributed by atoms with van der Waals surface area (Å²) in [6, 6.07) is 41.0. The number of aromatic nitrogens is 2. The molecule has 0 unspecified atom stereocenters. The number of carboxylic acids is 1. The summed E-state index contributed by atoms with van der Waals surface area (Å²) in [5, 5.41) is 22.8. The minimum atomic E-state index is -3.29. The average Bonchev–Trinajstić information content (AvgIpc) is 0.901. The second-order valence-electron chi connectivity index (χ2n) is 31.1. The Morgan fingerprint density at radius 2 is 1.15 bits per heavy atom. The Hall–Kier alpha value is -6.31. The summed E-state index contributed by atoms with van der Waals surface area (Å²) in [4.78, 5) is 64.4. The fraction of sp³-hybridized carbons (Fsp3) is 0.550. The predicted molar refractivity (Wildman–Crippen MR) is 404 cm³/mol. The number of carboxylic acid groups (broad SMARTS) is 1. The standard InChI is InChI=1S/C80H117N3O14Si3/c1-55(45-46-69(86)58(4)75(97-98(17,18)78(6,7)8)56(2)47-48-94-99(79(9,10)11,62-35-23-19-24-36-62)63-37-25-20-26-38-63)71(91-16)51-72(59(5)70(90-15)43-32-44-73-82-68(54-92-73)77(88)89)95-74(87)50-61(34-31-33-60(85)49-57(3)67-53-93-76(83-67)66(81)52-84)96-100(80(12,13)14,64-39-27-21-28-40-64)65-41-29-22-30-42-65/h19-30,32,35-42,44,53-59,61,66,70-72,75,84H,31,33-34,43,45-52,81H2,1-18H3,(H,88,89)/b44-32+/t55-,56+,57-,58-,59+,61-,66-,70-,71-,72-,75+/m0/s1. The summed E-state index contributed by atoms with van der Waals surface area (Å²) in [6.07, 6.45) is 6.13. The second kappa shape index (κ2) is 37.2. The molecule has 0 aliphatic carbocycles. The molecule has 17 nitrogen and oxygen atoms in total. The summed E-state index contributed by atoms with van der Waals surface area (Å²) in [7, 11) is -5.30. The van der Waals surface area contributed by atoms with Crippen LogP contribution in [0.25, 0.3) is 6.08 Å². The van der Waals surface area contributed by atoms with E-state index < -0.39 is 84.2 Å². The Kier molecular flexibility index (Phi) is 30.8. The van der Waals surface area contributed by atoms with Gasteiger partial charge in [0, 0.05) is 64.3 Å². The minimum absolute atomic E-state index is 0.00631. The van der Waals surface area contributed by atoms with Crippen molar-refractivity contribution in [1.82, 2.24) is 9.97 Å². The van der Waals surface area contributed by atoms with Gasteiger partial charge in [-0.15, -0.1) is 0 Å². The van der Waals surface area contributed by atoms with E-state index in [1.165, 1.54) is 16.6 Å². The van der Waals surface area contributed by atoms with Crippen molar-refractivity contribution in [2.24, 2.45) is 29.4 Å². The molecule has 0 spiro atoms. The van der Waals surface area contributed by atoms with Crippen LogP contribution in [0, 0.1) is 23.7 Å². The maximum Gasteiger partial charge on any atom is 0.357 e. The molecule has 6 aromatic rings. The molecular weight excluding hydrogens is 1310 g/mol. The van der Waals surface area contributed by atoms with Crippen LogP contribution in [-0.4, -0.2) is 127 Å². The van der Waals surface area contributed by atoms with E-state index in [4.69, 9.17) is 42.1 Å². The molecule has 4 aromatic carbocycles. The number of Topliss-reactive ketones (excluding diaryl/α,β-unsaturated/α-hetero) is 2. The van der Waals surface area contributed by atoms with Gasteiger partial charge in [0.05, 0.1) is 43.1 Å². The summed E-state index contributed by atoms with van der Waals surface area (Å²) in [5.74, 6) is -2.66. The molecule has 100 heavy (non-hydrogen) atoms. The van der Waals surface area contributed by atoms with Crippen molar-refractivity contribution in [2.75, 3.05) is 27.4 Å². The fourth-order valence-electron chi connectivity index (χ4n) is 13.6. The van der Waals surface area contributed by atoms with Gasteiger partial charge in [0.2, 0.25) is 11.8 Å². The van der Waals surface area contributed by atoms with Crippen molar-refractivity contribution < 1.29 is 65.7 Å². The van der Waals surface area contributed by atoms with Crippen LogP contribution in [-0.2, 0) is 41.9 Å². The van der Waals surface area contributed by atoms with Crippen LogP contribution in [0.4, 0.5) is 0 Å².